The second-order valence-corrected chi connectivity index (χ2v) is 8.71. The van der Waals surface area contributed by atoms with Crippen LogP contribution in [0.4, 0.5) is 10.1 Å². The number of nitrogens with zero attached hydrogens (tertiary/aromatic N) is 2. The molecule has 5 rings (SSSR count). The third-order valence-corrected chi connectivity index (χ3v) is 6.09. The fourth-order valence-corrected chi connectivity index (χ4v) is 4.03. The first-order valence-corrected chi connectivity index (χ1v) is 12.3. The molecule has 0 spiro atoms. The van der Waals surface area contributed by atoms with Crippen LogP contribution in [0.15, 0.2) is 91.0 Å². The van der Waals surface area contributed by atoms with Gasteiger partial charge in [-0.1, -0.05) is 0 Å². The highest BCUT2D eigenvalue weighted by Gasteiger charge is 2.17. The second kappa shape index (κ2) is 11.6. The summed E-state index contributed by atoms with van der Waals surface area (Å²) >= 11 is 0. The zero-order valence-corrected chi connectivity index (χ0v) is 21.7. The van der Waals surface area contributed by atoms with Gasteiger partial charge in [0.15, 0.2) is 6.61 Å². The van der Waals surface area contributed by atoms with Gasteiger partial charge < -0.3 is 19.5 Å². The molecule has 0 atom stereocenters. The van der Waals surface area contributed by atoms with Crippen molar-refractivity contribution in [3.8, 4) is 34.0 Å². The lowest BCUT2D eigenvalue weighted by atomic mass is 10.0. The Balaban J connectivity index is 1.43. The maximum absolute atomic E-state index is 13.1. The zero-order chi connectivity index (χ0) is 28.1. The monoisotopic (exact) mass is 537 g/mol. The van der Waals surface area contributed by atoms with E-state index in [4.69, 9.17) is 24.2 Å². The van der Waals surface area contributed by atoms with Crippen LogP contribution in [0.1, 0.15) is 10.4 Å². The van der Waals surface area contributed by atoms with Gasteiger partial charge in [-0.3, -0.25) is 4.79 Å². The van der Waals surface area contributed by atoms with Crippen LogP contribution < -0.4 is 14.8 Å². The Kier molecular flexibility index (Phi) is 7.63. The van der Waals surface area contributed by atoms with Gasteiger partial charge in [-0.2, -0.15) is 0 Å². The van der Waals surface area contributed by atoms with Gasteiger partial charge in [0, 0.05) is 16.8 Å². The zero-order valence-electron chi connectivity index (χ0n) is 21.7. The van der Waals surface area contributed by atoms with E-state index < -0.39 is 24.3 Å². The van der Waals surface area contributed by atoms with Crippen LogP contribution in [0, 0.1) is 5.82 Å². The van der Waals surface area contributed by atoms with Crippen molar-refractivity contribution in [2.24, 2.45) is 0 Å². The molecule has 1 aromatic heterocycles. The predicted octanol–water partition coefficient (Wildman–Crippen LogP) is 5.92. The Labute approximate surface area is 229 Å². The molecule has 0 radical (unpaired) electrons. The smallest absolute Gasteiger partial charge is 0.338 e. The van der Waals surface area contributed by atoms with Gasteiger partial charge in [0.25, 0.3) is 5.91 Å². The minimum absolute atomic E-state index is 0.217. The van der Waals surface area contributed by atoms with E-state index in [1.54, 1.807) is 32.4 Å². The van der Waals surface area contributed by atoms with Crippen molar-refractivity contribution < 1.29 is 28.2 Å². The number of nitrogens with one attached hydrogen (secondary N) is 1. The highest BCUT2D eigenvalue weighted by molar-refractivity contribution is 5.97. The summed E-state index contributed by atoms with van der Waals surface area (Å²) in [5, 5.41) is 2.55. The number of carbonyl (C=O) groups excluding carboxylic acids is 2. The van der Waals surface area contributed by atoms with Crippen molar-refractivity contribution in [2.45, 2.75) is 0 Å². The van der Waals surface area contributed by atoms with Crippen molar-refractivity contribution in [1.82, 2.24) is 9.97 Å². The number of amides is 1. The Hall–Kier alpha value is -5.31. The number of hydrogen-bond donors (Lipinski definition) is 1. The predicted molar refractivity (Wildman–Crippen MR) is 149 cm³/mol. The lowest BCUT2D eigenvalue weighted by Crippen LogP contribution is -2.20. The fraction of sp³-hybridized carbons (Fsp3) is 0.0968. The minimum Gasteiger partial charge on any atom is -0.497 e. The lowest BCUT2D eigenvalue weighted by molar-refractivity contribution is -0.119. The van der Waals surface area contributed by atoms with Gasteiger partial charge >= 0.3 is 5.97 Å². The topological polar surface area (TPSA) is 99.6 Å². The highest BCUT2D eigenvalue weighted by Crippen LogP contribution is 2.33. The fourth-order valence-electron chi connectivity index (χ4n) is 4.03. The van der Waals surface area contributed by atoms with Gasteiger partial charge in [-0.25, -0.2) is 19.2 Å². The quantitative estimate of drug-likeness (QED) is 0.246. The molecule has 9 heteroatoms. The molecule has 8 nitrogen and oxygen atoms in total. The molecular formula is C31H24FN3O5. The maximum Gasteiger partial charge on any atom is 0.338 e. The van der Waals surface area contributed by atoms with Gasteiger partial charge in [-0.05, 0) is 91.0 Å². The summed E-state index contributed by atoms with van der Waals surface area (Å²) < 4.78 is 28.8. The molecule has 40 heavy (non-hydrogen) atoms. The molecule has 0 aliphatic rings. The average Bonchev–Trinajstić information content (AvgIpc) is 3.00. The third-order valence-electron chi connectivity index (χ3n) is 6.09. The van der Waals surface area contributed by atoms with Crippen molar-refractivity contribution in [3.63, 3.8) is 0 Å². The molecule has 200 valence electrons. The number of hydrogen-bond acceptors (Lipinski definition) is 7. The van der Waals surface area contributed by atoms with Crippen molar-refractivity contribution in [1.29, 1.82) is 0 Å². The number of fused-ring (bicyclic) bond motifs is 1. The van der Waals surface area contributed by atoms with E-state index in [2.05, 4.69) is 5.32 Å². The number of halogens is 1. The summed E-state index contributed by atoms with van der Waals surface area (Å²) in [5.41, 5.74) is 4.60. The van der Waals surface area contributed by atoms with Crippen LogP contribution in [0.25, 0.3) is 33.5 Å². The van der Waals surface area contributed by atoms with Gasteiger partial charge in [0.1, 0.15) is 17.3 Å². The van der Waals surface area contributed by atoms with Crippen LogP contribution in [0.2, 0.25) is 0 Å². The van der Waals surface area contributed by atoms with Crippen molar-refractivity contribution >= 4 is 28.6 Å². The molecule has 0 saturated carbocycles. The number of methoxy groups -OCH3 is 2. The van der Waals surface area contributed by atoms with Crippen LogP contribution in [0.5, 0.6) is 11.5 Å². The number of esters is 1. The van der Waals surface area contributed by atoms with Gasteiger partial charge in [0.05, 0.1) is 42.2 Å². The number of aromatic nitrogens is 2. The van der Waals surface area contributed by atoms with Crippen LogP contribution >= 0.6 is 0 Å². The van der Waals surface area contributed by atoms with E-state index >= 15 is 0 Å². The molecule has 0 bridgehead atoms. The third kappa shape index (κ3) is 5.88. The Morgan fingerprint density at radius 1 is 0.725 bits per heavy atom. The molecule has 1 heterocycles. The molecule has 1 amide bonds. The standard InChI is InChI=1S/C31H24FN3O5/c1-38-24-12-3-19(4-13-24)29-30(20-5-14-25(39-2)15-6-20)35-27-17-21(7-16-26(27)34-29)31(37)40-18-28(36)33-23-10-8-22(32)9-11-23/h3-17H,18H2,1-2H3,(H,33,36). The van der Waals surface area contributed by atoms with Crippen LogP contribution in [0.3, 0.4) is 0 Å². The van der Waals surface area contributed by atoms with Crippen LogP contribution in [-0.4, -0.2) is 42.7 Å². The van der Waals surface area contributed by atoms with E-state index in [1.165, 1.54) is 24.3 Å². The summed E-state index contributed by atoms with van der Waals surface area (Å²) in [4.78, 5) is 34.7. The Morgan fingerprint density at radius 2 is 1.27 bits per heavy atom. The molecule has 0 fully saturated rings. The molecular weight excluding hydrogens is 513 g/mol. The summed E-state index contributed by atoms with van der Waals surface area (Å²) in [5.74, 6) is -0.236. The number of ether oxygens (including phenoxy) is 3. The minimum atomic E-state index is -0.691. The van der Waals surface area contributed by atoms with E-state index in [1.807, 2.05) is 48.5 Å². The normalized spacial score (nSPS) is 10.7. The number of benzene rings is 4. The van der Waals surface area contributed by atoms with Crippen molar-refractivity contribution in [2.75, 3.05) is 26.1 Å². The van der Waals surface area contributed by atoms with E-state index in [0.717, 1.165) is 16.9 Å². The lowest BCUT2D eigenvalue weighted by Gasteiger charge is -2.12. The SMILES string of the molecule is COc1ccc(-c2nc3ccc(C(=O)OCC(=O)Nc4ccc(F)cc4)cc3nc2-c2ccc(OC)cc2)cc1. The Morgan fingerprint density at radius 3 is 1.82 bits per heavy atom. The molecule has 1 N–H and O–H groups in total. The summed E-state index contributed by atoms with van der Waals surface area (Å²) in [6.07, 6.45) is 0. The molecule has 0 aliphatic carbocycles. The molecule has 0 unspecified atom stereocenters. The number of carbonyl (C=O) groups is 2. The van der Waals surface area contributed by atoms with E-state index in [-0.39, 0.29) is 5.56 Å². The summed E-state index contributed by atoms with van der Waals surface area (Å²) in [6, 6.07) is 25.1. The van der Waals surface area contributed by atoms with Crippen LogP contribution in [-0.2, 0) is 9.53 Å². The van der Waals surface area contributed by atoms with E-state index in [9.17, 15) is 14.0 Å². The average molecular weight is 538 g/mol. The number of rotatable bonds is 8. The molecule has 0 saturated heterocycles. The highest BCUT2D eigenvalue weighted by atomic mass is 19.1. The largest absolute Gasteiger partial charge is 0.497 e. The summed E-state index contributed by atoms with van der Waals surface area (Å²) in [7, 11) is 3.20. The first kappa shape index (κ1) is 26.3. The summed E-state index contributed by atoms with van der Waals surface area (Å²) in [6.45, 7) is -0.507. The van der Waals surface area contributed by atoms with Gasteiger partial charge in [0.2, 0.25) is 0 Å². The van der Waals surface area contributed by atoms with Crippen molar-refractivity contribution in [3.05, 3.63) is 102 Å². The Bertz CT molecular complexity index is 1670. The second-order valence-electron chi connectivity index (χ2n) is 8.71. The van der Waals surface area contributed by atoms with Gasteiger partial charge in [-0.15, -0.1) is 0 Å². The first-order chi connectivity index (χ1) is 19.4. The van der Waals surface area contributed by atoms with E-state index in [0.29, 0.717) is 33.9 Å². The molecule has 4 aromatic carbocycles. The number of anilines is 1. The maximum atomic E-state index is 13.1. The first-order valence-electron chi connectivity index (χ1n) is 12.3. The molecule has 0 aliphatic heterocycles. The molecule has 5 aromatic rings.